The third-order valence-corrected chi connectivity index (χ3v) is 2.75. The van der Waals surface area contributed by atoms with E-state index in [4.69, 9.17) is 11.6 Å². The van der Waals surface area contributed by atoms with Crippen molar-refractivity contribution < 1.29 is 4.79 Å². The van der Waals surface area contributed by atoms with Crippen molar-refractivity contribution >= 4 is 22.9 Å². The van der Waals surface area contributed by atoms with Crippen molar-refractivity contribution in [1.82, 2.24) is 0 Å². The summed E-state index contributed by atoms with van der Waals surface area (Å²) in [5.74, 6) is 0. The molecule has 0 heterocycles. The van der Waals surface area contributed by atoms with E-state index in [0.717, 1.165) is 17.4 Å². The average Bonchev–Trinajstić information content (AvgIpc) is 2.44. The first-order chi connectivity index (χ1) is 6.22. The fourth-order valence-electron chi connectivity index (χ4n) is 1.60. The van der Waals surface area contributed by atoms with Gasteiger partial charge in [-0.2, -0.15) is 0 Å². The summed E-state index contributed by atoms with van der Waals surface area (Å²) < 4.78 is 0. The Hall–Kier alpha value is -1.08. The van der Waals surface area contributed by atoms with Gasteiger partial charge in [-0.15, -0.1) is 0 Å². The summed E-state index contributed by atoms with van der Waals surface area (Å²) in [6.45, 7) is 2.02. The van der Waals surface area contributed by atoms with Crippen molar-refractivity contribution in [1.29, 1.82) is 0 Å². The number of hydrogen-bond donors (Lipinski definition) is 0. The minimum Gasteiger partial charge on any atom is -0.298 e. The van der Waals surface area contributed by atoms with Crippen LogP contribution in [0.4, 0.5) is 0 Å². The third kappa shape index (κ3) is 1.29. The molecule has 1 nitrogen and oxygen atoms in total. The molecule has 13 heavy (non-hydrogen) atoms. The Morgan fingerprint density at radius 2 is 2.23 bits per heavy atom. The Labute approximate surface area is 82.0 Å². The number of carbonyl (C=O) groups excluding carboxylic acids is 1. The zero-order valence-corrected chi connectivity index (χ0v) is 8.06. The van der Waals surface area contributed by atoms with Gasteiger partial charge < -0.3 is 0 Å². The summed E-state index contributed by atoms with van der Waals surface area (Å²) in [6, 6.07) is 6.09. The van der Waals surface area contributed by atoms with E-state index < -0.39 is 0 Å². The molecule has 1 aliphatic rings. The summed E-state index contributed by atoms with van der Waals surface area (Å²) >= 11 is 6.03. The maximum Gasteiger partial charge on any atom is 0.147 e. The molecule has 1 aliphatic carbocycles. The van der Waals surface area contributed by atoms with Gasteiger partial charge in [-0.05, 0) is 18.1 Å². The minimum atomic E-state index is 0.619. The highest BCUT2D eigenvalue weighted by molar-refractivity contribution is 6.51. The van der Waals surface area contributed by atoms with Crippen LogP contribution in [-0.4, -0.2) is 6.29 Å². The number of hydrogen-bond acceptors (Lipinski definition) is 1. The van der Waals surface area contributed by atoms with E-state index in [1.54, 1.807) is 0 Å². The van der Waals surface area contributed by atoms with Crippen LogP contribution in [0.15, 0.2) is 23.8 Å². The monoisotopic (exact) mass is 192 g/mol. The lowest BCUT2D eigenvalue weighted by atomic mass is 10.1. The Morgan fingerprint density at radius 1 is 1.46 bits per heavy atom. The summed E-state index contributed by atoms with van der Waals surface area (Å²) in [4.78, 5) is 10.6. The number of fused-ring (bicyclic) bond motifs is 1. The molecule has 66 valence electrons. The van der Waals surface area contributed by atoms with Crippen molar-refractivity contribution in [3.05, 3.63) is 40.5 Å². The van der Waals surface area contributed by atoms with Gasteiger partial charge >= 0.3 is 0 Å². The van der Waals surface area contributed by atoms with Gasteiger partial charge in [-0.25, -0.2) is 0 Å². The van der Waals surface area contributed by atoms with Gasteiger partial charge in [0.25, 0.3) is 0 Å². The normalized spacial score (nSPS) is 14.6. The molecule has 0 fully saturated rings. The van der Waals surface area contributed by atoms with Crippen molar-refractivity contribution in [2.75, 3.05) is 0 Å². The fraction of sp³-hybridized carbons (Fsp3) is 0.182. The molecule has 1 aromatic carbocycles. The van der Waals surface area contributed by atoms with Crippen LogP contribution in [-0.2, 0) is 11.2 Å². The highest BCUT2D eigenvalue weighted by Gasteiger charge is 2.19. The summed E-state index contributed by atoms with van der Waals surface area (Å²) in [5.41, 5.74) is 4.03. The number of aryl methyl sites for hydroxylation is 1. The van der Waals surface area contributed by atoms with Gasteiger partial charge in [0.05, 0.1) is 5.03 Å². The van der Waals surface area contributed by atoms with E-state index in [1.807, 2.05) is 25.1 Å². The van der Waals surface area contributed by atoms with Crippen LogP contribution in [0.25, 0.3) is 5.03 Å². The highest BCUT2D eigenvalue weighted by Crippen LogP contribution is 2.34. The van der Waals surface area contributed by atoms with Crippen LogP contribution < -0.4 is 0 Å². The molecular formula is C11H9ClO. The van der Waals surface area contributed by atoms with E-state index in [1.165, 1.54) is 5.56 Å². The Balaban J connectivity index is 2.58. The molecule has 0 aliphatic heterocycles. The number of carbonyl (C=O) groups is 1. The number of aldehydes is 1. The molecule has 0 saturated carbocycles. The number of benzene rings is 1. The van der Waals surface area contributed by atoms with Gasteiger partial charge in [0.15, 0.2) is 0 Å². The van der Waals surface area contributed by atoms with Crippen LogP contribution in [0.5, 0.6) is 0 Å². The maximum absolute atomic E-state index is 10.6. The van der Waals surface area contributed by atoms with Crippen LogP contribution in [0.3, 0.4) is 0 Å². The smallest absolute Gasteiger partial charge is 0.147 e. The van der Waals surface area contributed by atoms with Gasteiger partial charge in [-0.1, -0.05) is 35.4 Å². The predicted octanol–water partition coefficient (Wildman–Crippen LogP) is 2.70. The second kappa shape index (κ2) is 3.00. The minimum absolute atomic E-state index is 0.619. The standard InChI is InChI=1S/C11H9ClO/c1-7-2-3-8-5-9(6-13)11(12)10(8)4-7/h2-4,6H,5H2,1H3. The summed E-state index contributed by atoms with van der Waals surface area (Å²) in [5, 5.41) is 0.619. The zero-order chi connectivity index (χ0) is 9.42. The molecule has 0 bridgehead atoms. The molecule has 0 saturated heterocycles. The first kappa shape index (κ1) is 8.52. The fourth-order valence-corrected chi connectivity index (χ4v) is 1.89. The average molecular weight is 193 g/mol. The Morgan fingerprint density at radius 3 is 2.92 bits per heavy atom. The molecule has 0 atom stereocenters. The first-order valence-electron chi connectivity index (χ1n) is 4.16. The van der Waals surface area contributed by atoms with E-state index in [-0.39, 0.29) is 0 Å². The number of allylic oxidation sites excluding steroid dienone is 1. The van der Waals surface area contributed by atoms with E-state index in [9.17, 15) is 4.79 Å². The molecule has 0 amide bonds. The van der Waals surface area contributed by atoms with Gasteiger partial charge in [0, 0.05) is 12.0 Å². The zero-order valence-electron chi connectivity index (χ0n) is 7.30. The SMILES string of the molecule is Cc1ccc2c(c1)C(Cl)=C(C=O)C2. The summed E-state index contributed by atoms with van der Waals surface area (Å²) in [6.07, 6.45) is 1.52. The third-order valence-electron chi connectivity index (χ3n) is 2.31. The molecule has 0 spiro atoms. The highest BCUT2D eigenvalue weighted by atomic mass is 35.5. The molecule has 0 aromatic heterocycles. The molecule has 1 aromatic rings. The lowest BCUT2D eigenvalue weighted by Crippen LogP contribution is -1.85. The molecule has 0 radical (unpaired) electrons. The molecular weight excluding hydrogens is 184 g/mol. The van der Waals surface area contributed by atoms with Crippen LogP contribution in [0.2, 0.25) is 0 Å². The van der Waals surface area contributed by atoms with Gasteiger partial charge in [-0.3, -0.25) is 4.79 Å². The molecule has 0 N–H and O–H groups in total. The topological polar surface area (TPSA) is 17.1 Å². The predicted molar refractivity (Wildman–Crippen MR) is 53.7 cm³/mol. The van der Waals surface area contributed by atoms with Crippen molar-refractivity contribution in [3.63, 3.8) is 0 Å². The van der Waals surface area contributed by atoms with Crippen molar-refractivity contribution in [2.45, 2.75) is 13.3 Å². The van der Waals surface area contributed by atoms with Crippen molar-refractivity contribution in [3.8, 4) is 0 Å². The van der Waals surface area contributed by atoms with E-state index >= 15 is 0 Å². The second-order valence-corrected chi connectivity index (χ2v) is 3.67. The van der Waals surface area contributed by atoms with E-state index in [0.29, 0.717) is 17.0 Å². The maximum atomic E-state index is 10.6. The molecule has 2 heteroatoms. The van der Waals surface area contributed by atoms with E-state index in [2.05, 4.69) is 0 Å². The summed E-state index contributed by atoms with van der Waals surface area (Å²) in [7, 11) is 0. The largest absolute Gasteiger partial charge is 0.298 e. The van der Waals surface area contributed by atoms with Crippen LogP contribution >= 0.6 is 11.6 Å². The van der Waals surface area contributed by atoms with Gasteiger partial charge in [0.2, 0.25) is 0 Å². The number of rotatable bonds is 1. The second-order valence-electron chi connectivity index (χ2n) is 3.29. The van der Waals surface area contributed by atoms with Gasteiger partial charge in [0.1, 0.15) is 6.29 Å². The lowest BCUT2D eigenvalue weighted by molar-refractivity contribution is -0.104. The molecule has 2 rings (SSSR count). The first-order valence-corrected chi connectivity index (χ1v) is 4.54. The quantitative estimate of drug-likeness (QED) is 0.626. The van der Waals surface area contributed by atoms with Crippen LogP contribution in [0, 0.1) is 6.92 Å². The van der Waals surface area contributed by atoms with Crippen LogP contribution in [0.1, 0.15) is 16.7 Å². The Bertz CT molecular complexity index is 405. The Kier molecular flexibility index (Phi) is 1.97. The lowest BCUT2D eigenvalue weighted by Gasteiger charge is -2.00. The molecule has 0 unspecified atom stereocenters. The van der Waals surface area contributed by atoms with Crippen molar-refractivity contribution in [2.24, 2.45) is 0 Å². The number of halogens is 1.